The van der Waals surface area contributed by atoms with Crippen molar-refractivity contribution < 1.29 is 9.90 Å². The monoisotopic (exact) mass is 222 g/mol. The molecule has 78 valence electrons. The highest BCUT2D eigenvalue weighted by Gasteiger charge is 2.04. The Morgan fingerprint density at radius 2 is 2.40 bits per heavy atom. The number of nitriles is 1. The zero-order chi connectivity index (χ0) is 11.3. The van der Waals surface area contributed by atoms with Gasteiger partial charge in [-0.1, -0.05) is 0 Å². The minimum atomic E-state index is -0.837. The molecule has 0 spiro atoms. The van der Waals surface area contributed by atoms with Gasteiger partial charge in [-0.05, 0) is 30.4 Å². The van der Waals surface area contributed by atoms with Gasteiger partial charge in [-0.25, -0.2) is 4.98 Å². The van der Waals surface area contributed by atoms with Gasteiger partial charge in [0.05, 0.1) is 5.03 Å². The second-order valence-electron chi connectivity index (χ2n) is 2.91. The van der Waals surface area contributed by atoms with Crippen LogP contribution in [0.3, 0.4) is 0 Å². The number of aliphatic carboxylic acids is 1. The number of rotatable bonds is 4. The quantitative estimate of drug-likeness (QED) is 0.785. The molecule has 1 rings (SSSR count). The number of hydrogen-bond acceptors (Lipinski definition) is 4. The maximum absolute atomic E-state index is 10.4. The van der Waals surface area contributed by atoms with Crippen LogP contribution in [0.1, 0.15) is 17.7 Å². The maximum atomic E-state index is 10.4. The van der Waals surface area contributed by atoms with Crippen LogP contribution in [0.15, 0.2) is 17.2 Å². The third-order valence-electron chi connectivity index (χ3n) is 1.81. The molecule has 0 fully saturated rings. The number of thioether (sulfide) groups is 1. The van der Waals surface area contributed by atoms with E-state index < -0.39 is 5.97 Å². The van der Waals surface area contributed by atoms with Gasteiger partial charge in [-0.3, -0.25) is 4.79 Å². The number of aryl methyl sites for hydroxylation is 1. The van der Waals surface area contributed by atoms with Crippen molar-refractivity contribution in [2.45, 2.75) is 17.9 Å². The van der Waals surface area contributed by atoms with Crippen LogP contribution in [-0.4, -0.2) is 22.3 Å². The topological polar surface area (TPSA) is 74.0 Å². The first kappa shape index (κ1) is 11.5. The van der Waals surface area contributed by atoms with E-state index >= 15 is 0 Å². The van der Waals surface area contributed by atoms with E-state index in [0.717, 1.165) is 10.6 Å². The largest absolute Gasteiger partial charge is 0.481 e. The molecule has 0 unspecified atom stereocenters. The van der Waals surface area contributed by atoms with E-state index in [9.17, 15) is 4.79 Å². The van der Waals surface area contributed by atoms with Crippen LogP contribution in [0.25, 0.3) is 0 Å². The van der Waals surface area contributed by atoms with Crippen molar-refractivity contribution >= 4 is 17.7 Å². The molecule has 0 aliphatic carbocycles. The molecular formula is C10H10N2O2S. The summed E-state index contributed by atoms with van der Waals surface area (Å²) in [5.41, 5.74) is 1.18. The van der Waals surface area contributed by atoms with Crippen molar-refractivity contribution in [1.82, 2.24) is 4.98 Å². The summed E-state index contributed by atoms with van der Waals surface area (Å²) < 4.78 is 0. The van der Waals surface area contributed by atoms with Gasteiger partial charge in [0, 0.05) is 6.42 Å². The second-order valence-corrected chi connectivity index (χ2v) is 3.74. The van der Waals surface area contributed by atoms with Crippen molar-refractivity contribution in [1.29, 1.82) is 5.26 Å². The molecule has 0 amide bonds. The second kappa shape index (κ2) is 5.37. The highest BCUT2D eigenvalue weighted by Crippen LogP contribution is 2.16. The Balaban J connectivity index is 2.88. The molecule has 0 atom stereocenters. The van der Waals surface area contributed by atoms with Crippen LogP contribution in [-0.2, 0) is 11.2 Å². The predicted molar refractivity (Wildman–Crippen MR) is 56.7 cm³/mol. The summed E-state index contributed by atoms with van der Waals surface area (Å²) in [4.78, 5) is 14.4. The Labute approximate surface area is 91.9 Å². The van der Waals surface area contributed by atoms with Crippen LogP contribution in [0.2, 0.25) is 0 Å². The SMILES string of the molecule is CSc1cc(CCC(=O)O)cc(C#N)n1. The van der Waals surface area contributed by atoms with E-state index in [-0.39, 0.29) is 6.42 Å². The zero-order valence-electron chi connectivity index (χ0n) is 8.23. The van der Waals surface area contributed by atoms with Crippen molar-refractivity contribution in [2.75, 3.05) is 6.26 Å². The summed E-state index contributed by atoms with van der Waals surface area (Å²) >= 11 is 1.44. The number of aromatic nitrogens is 1. The number of carboxylic acid groups (broad SMARTS) is 1. The fourth-order valence-corrected chi connectivity index (χ4v) is 1.58. The van der Waals surface area contributed by atoms with Gasteiger partial charge in [0.1, 0.15) is 11.8 Å². The Bertz CT molecular complexity index is 412. The van der Waals surface area contributed by atoms with Gasteiger partial charge in [-0.15, -0.1) is 11.8 Å². The Kier molecular flexibility index (Phi) is 4.13. The number of hydrogen-bond donors (Lipinski definition) is 1. The molecule has 1 N–H and O–H groups in total. The van der Waals surface area contributed by atoms with Crippen molar-refractivity contribution in [3.8, 4) is 6.07 Å². The molecule has 5 heteroatoms. The van der Waals surface area contributed by atoms with Crippen molar-refractivity contribution in [3.05, 3.63) is 23.4 Å². The molecule has 1 aromatic heterocycles. The molecule has 0 radical (unpaired) electrons. The standard InChI is InChI=1S/C10H10N2O2S/c1-15-9-5-7(2-3-10(13)14)4-8(6-11)12-9/h4-5H,2-3H2,1H3,(H,13,14). The summed E-state index contributed by atoms with van der Waals surface area (Å²) in [5.74, 6) is -0.837. The lowest BCUT2D eigenvalue weighted by molar-refractivity contribution is -0.136. The molecule has 0 saturated heterocycles. The van der Waals surface area contributed by atoms with Gasteiger partial charge in [0.25, 0.3) is 0 Å². The molecule has 0 saturated carbocycles. The van der Waals surface area contributed by atoms with Gasteiger partial charge in [0.2, 0.25) is 0 Å². The lowest BCUT2D eigenvalue weighted by atomic mass is 10.1. The number of nitrogens with zero attached hydrogens (tertiary/aromatic N) is 2. The fraction of sp³-hybridized carbons (Fsp3) is 0.300. The van der Waals surface area contributed by atoms with Crippen LogP contribution in [0.4, 0.5) is 0 Å². The van der Waals surface area contributed by atoms with Gasteiger partial charge in [-0.2, -0.15) is 5.26 Å². The smallest absolute Gasteiger partial charge is 0.303 e. The minimum absolute atomic E-state index is 0.0721. The van der Waals surface area contributed by atoms with E-state index in [4.69, 9.17) is 10.4 Å². The lowest BCUT2D eigenvalue weighted by Crippen LogP contribution is -1.99. The van der Waals surface area contributed by atoms with Gasteiger partial charge >= 0.3 is 5.97 Å². The van der Waals surface area contributed by atoms with Crippen molar-refractivity contribution in [2.24, 2.45) is 0 Å². The average molecular weight is 222 g/mol. The first-order valence-corrected chi connectivity index (χ1v) is 5.55. The number of carbonyl (C=O) groups is 1. The molecule has 0 aromatic carbocycles. The summed E-state index contributed by atoms with van der Waals surface area (Å²) in [5, 5.41) is 18.0. The molecule has 1 heterocycles. The van der Waals surface area contributed by atoms with Gasteiger partial charge < -0.3 is 5.11 Å². The van der Waals surface area contributed by atoms with Crippen molar-refractivity contribution in [3.63, 3.8) is 0 Å². The van der Waals surface area contributed by atoms with E-state index in [1.54, 1.807) is 6.07 Å². The minimum Gasteiger partial charge on any atom is -0.481 e. The fourth-order valence-electron chi connectivity index (χ4n) is 1.12. The molecule has 4 nitrogen and oxygen atoms in total. The van der Waals surface area contributed by atoms with Crippen LogP contribution in [0, 0.1) is 11.3 Å². The van der Waals surface area contributed by atoms with E-state index in [1.165, 1.54) is 11.8 Å². The summed E-state index contributed by atoms with van der Waals surface area (Å²) in [6.45, 7) is 0. The zero-order valence-corrected chi connectivity index (χ0v) is 9.04. The van der Waals surface area contributed by atoms with Gasteiger partial charge in [0.15, 0.2) is 0 Å². The summed E-state index contributed by atoms with van der Waals surface area (Å²) in [6.07, 6.45) is 2.37. The predicted octanol–water partition coefficient (Wildman–Crippen LogP) is 1.69. The molecule has 0 aliphatic rings. The number of pyridine rings is 1. The maximum Gasteiger partial charge on any atom is 0.303 e. The normalized spacial score (nSPS) is 9.60. The molecule has 15 heavy (non-hydrogen) atoms. The van der Waals surface area contributed by atoms with Crippen LogP contribution >= 0.6 is 11.8 Å². The summed E-state index contributed by atoms with van der Waals surface area (Å²) in [6, 6.07) is 5.40. The molecule has 0 bridgehead atoms. The summed E-state index contributed by atoms with van der Waals surface area (Å²) in [7, 11) is 0. The van der Waals surface area contributed by atoms with E-state index in [1.807, 2.05) is 18.4 Å². The molecular weight excluding hydrogens is 212 g/mol. The first-order valence-electron chi connectivity index (χ1n) is 4.32. The highest BCUT2D eigenvalue weighted by molar-refractivity contribution is 7.98. The average Bonchev–Trinajstić information content (AvgIpc) is 2.25. The third-order valence-corrected chi connectivity index (χ3v) is 2.44. The van der Waals surface area contributed by atoms with Crippen LogP contribution in [0.5, 0.6) is 0 Å². The lowest BCUT2D eigenvalue weighted by Gasteiger charge is -2.02. The Morgan fingerprint density at radius 3 is 2.93 bits per heavy atom. The van der Waals surface area contributed by atoms with E-state index in [2.05, 4.69) is 4.98 Å². The number of carboxylic acids is 1. The van der Waals surface area contributed by atoms with E-state index in [0.29, 0.717) is 12.1 Å². The molecule has 0 aliphatic heterocycles. The molecule has 1 aromatic rings. The first-order chi connectivity index (χ1) is 7.15. The third kappa shape index (κ3) is 3.60. The highest BCUT2D eigenvalue weighted by atomic mass is 32.2. The van der Waals surface area contributed by atoms with Crippen LogP contribution < -0.4 is 0 Å². The Hall–Kier alpha value is -1.54. The Morgan fingerprint density at radius 1 is 1.67 bits per heavy atom.